The van der Waals surface area contributed by atoms with Gasteiger partial charge in [-0.3, -0.25) is 9.48 Å². The molecule has 0 unspecified atom stereocenters. The number of para-hydroxylation sites is 2. The van der Waals surface area contributed by atoms with E-state index in [1.165, 1.54) is 11.8 Å². The van der Waals surface area contributed by atoms with Gasteiger partial charge in [0.25, 0.3) is 0 Å². The fraction of sp³-hybridized carbons (Fsp3) is 0.105. The van der Waals surface area contributed by atoms with Gasteiger partial charge in [-0.05, 0) is 24.3 Å². The largest absolute Gasteiger partial charge is 0.333 e. The summed E-state index contributed by atoms with van der Waals surface area (Å²) in [6.45, 7) is 0. The van der Waals surface area contributed by atoms with Crippen LogP contribution in [0.25, 0.3) is 22.3 Å². The molecule has 0 fully saturated rings. The van der Waals surface area contributed by atoms with Crippen LogP contribution in [-0.4, -0.2) is 31.4 Å². The van der Waals surface area contributed by atoms with Crippen molar-refractivity contribution in [1.29, 1.82) is 0 Å². The highest BCUT2D eigenvalue weighted by Gasteiger charge is 2.12. The van der Waals surface area contributed by atoms with Crippen LogP contribution in [0, 0.1) is 0 Å². The smallest absolute Gasteiger partial charge is 0.235 e. The normalized spacial score (nSPS) is 11.0. The number of anilines is 1. The number of hydrogen-bond acceptors (Lipinski definition) is 4. The molecule has 0 atom stereocenters. The van der Waals surface area contributed by atoms with E-state index in [2.05, 4.69) is 20.4 Å². The summed E-state index contributed by atoms with van der Waals surface area (Å²) >= 11 is 7.28. The predicted octanol–water partition coefficient (Wildman–Crippen LogP) is 4.35. The summed E-state index contributed by atoms with van der Waals surface area (Å²) in [6, 6.07) is 17.0. The number of aryl methyl sites for hydroxylation is 1. The monoisotopic (exact) mass is 397 g/mol. The topological polar surface area (TPSA) is 75.6 Å². The number of aromatic amines is 1. The van der Waals surface area contributed by atoms with Crippen LogP contribution in [0.5, 0.6) is 0 Å². The number of nitrogens with zero attached hydrogens (tertiary/aromatic N) is 3. The standard InChI is InChI=1S/C19H16ClN5OS/c1-25-17(10-16(24-25)12-6-8-13(20)9-7-12)23-18(26)11-27-19-21-14-4-2-3-5-15(14)22-19/h2-10H,11H2,1H3,(H,21,22)(H,23,26). The van der Waals surface area contributed by atoms with Crippen molar-refractivity contribution >= 4 is 46.1 Å². The Balaban J connectivity index is 1.41. The van der Waals surface area contributed by atoms with Crippen LogP contribution >= 0.6 is 23.4 Å². The number of benzene rings is 2. The van der Waals surface area contributed by atoms with Crippen molar-refractivity contribution in [3.05, 3.63) is 59.6 Å². The van der Waals surface area contributed by atoms with Crippen LogP contribution < -0.4 is 5.32 Å². The summed E-state index contributed by atoms with van der Waals surface area (Å²) in [7, 11) is 1.79. The van der Waals surface area contributed by atoms with Crippen molar-refractivity contribution in [2.45, 2.75) is 5.16 Å². The van der Waals surface area contributed by atoms with E-state index in [-0.39, 0.29) is 11.7 Å². The lowest BCUT2D eigenvalue weighted by atomic mass is 10.1. The number of nitrogens with one attached hydrogen (secondary N) is 2. The first kappa shape index (κ1) is 17.6. The van der Waals surface area contributed by atoms with E-state index in [0.29, 0.717) is 10.8 Å². The third-order valence-corrected chi connectivity index (χ3v) is 5.12. The maximum absolute atomic E-state index is 12.3. The van der Waals surface area contributed by atoms with E-state index in [4.69, 9.17) is 11.6 Å². The third kappa shape index (κ3) is 3.99. The minimum Gasteiger partial charge on any atom is -0.333 e. The molecule has 136 valence electrons. The molecule has 0 bridgehead atoms. The van der Waals surface area contributed by atoms with Crippen molar-refractivity contribution in [2.75, 3.05) is 11.1 Å². The maximum Gasteiger partial charge on any atom is 0.235 e. The number of carbonyl (C=O) groups is 1. The van der Waals surface area contributed by atoms with E-state index < -0.39 is 0 Å². The maximum atomic E-state index is 12.3. The molecule has 0 aliphatic rings. The first-order valence-electron chi connectivity index (χ1n) is 8.26. The van der Waals surface area contributed by atoms with Gasteiger partial charge in [-0.25, -0.2) is 4.98 Å². The average Bonchev–Trinajstić information content (AvgIpc) is 3.24. The van der Waals surface area contributed by atoms with Crippen LogP contribution in [0.4, 0.5) is 5.82 Å². The van der Waals surface area contributed by atoms with Crippen LogP contribution in [-0.2, 0) is 11.8 Å². The van der Waals surface area contributed by atoms with E-state index in [9.17, 15) is 4.79 Å². The Kier molecular flexibility index (Phi) is 4.87. The number of amides is 1. The second-order valence-corrected chi connectivity index (χ2v) is 7.34. The lowest BCUT2D eigenvalue weighted by Crippen LogP contribution is -2.16. The molecule has 0 aliphatic carbocycles. The number of H-pyrrole nitrogens is 1. The third-order valence-electron chi connectivity index (χ3n) is 3.99. The predicted molar refractivity (Wildman–Crippen MR) is 109 cm³/mol. The SMILES string of the molecule is Cn1nc(-c2ccc(Cl)cc2)cc1NC(=O)CSc1nc2ccccc2[nH]1. The van der Waals surface area contributed by atoms with E-state index in [0.717, 1.165) is 27.4 Å². The first-order chi connectivity index (χ1) is 13.1. The van der Waals surface area contributed by atoms with Gasteiger partial charge in [0.05, 0.1) is 22.5 Å². The number of thioether (sulfide) groups is 1. The molecule has 0 aliphatic heterocycles. The quantitative estimate of drug-likeness (QED) is 0.491. The molecule has 2 N–H and O–H groups in total. The van der Waals surface area contributed by atoms with Gasteiger partial charge in [0.15, 0.2) is 5.16 Å². The zero-order valence-electron chi connectivity index (χ0n) is 14.4. The molecule has 4 rings (SSSR count). The fourth-order valence-electron chi connectivity index (χ4n) is 2.66. The van der Waals surface area contributed by atoms with E-state index >= 15 is 0 Å². The van der Waals surface area contributed by atoms with Gasteiger partial charge in [0, 0.05) is 23.7 Å². The highest BCUT2D eigenvalue weighted by atomic mass is 35.5. The Morgan fingerprint density at radius 3 is 2.78 bits per heavy atom. The Morgan fingerprint density at radius 2 is 2.00 bits per heavy atom. The second kappa shape index (κ2) is 7.46. The summed E-state index contributed by atoms with van der Waals surface area (Å²) in [5.41, 5.74) is 3.56. The summed E-state index contributed by atoms with van der Waals surface area (Å²) in [6.07, 6.45) is 0. The number of aromatic nitrogens is 4. The zero-order valence-corrected chi connectivity index (χ0v) is 16.0. The average molecular weight is 398 g/mol. The molecule has 0 spiro atoms. The lowest BCUT2D eigenvalue weighted by Gasteiger charge is -2.03. The van der Waals surface area contributed by atoms with Crippen LogP contribution in [0.15, 0.2) is 59.8 Å². The molecule has 27 heavy (non-hydrogen) atoms. The minimum atomic E-state index is -0.119. The molecule has 6 nitrogen and oxygen atoms in total. The molecule has 8 heteroatoms. The number of fused-ring (bicyclic) bond motifs is 1. The summed E-state index contributed by atoms with van der Waals surface area (Å²) < 4.78 is 1.65. The number of hydrogen-bond donors (Lipinski definition) is 2. The molecule has 2 aromatic heterocycles. The Bertz CT molecular complexity index is 1070. The first-order valence-corrected chi connectivity index (χ1v) is 9.62. The molecule has 1 amide bonds. The lowest BCUT2D eigenvalue weighted by molar-refractivity contribution is -0.113. The number of halogens is 1. The molecule has 2 aromatic carbocycles. The molecule has 0 saturated heterocycles. The molecular formula is C19H16ClN5OS. The number of rotatable bonds is 5. The van der Waals surface area contributed by atoms with Gasteiger partial charge in [-0.1, -0.05) is 47.6 Å². The van der Waals surface area contributed by atoms with Crippen LogP contribution in [0.3, 0.4) is 0 Å². The Labute approximate surface area is 164 Å². The highest BCUT2D eigenvalue weighted by molar-refractivity contribution is 7.99. The fourth-order valence-corrected chi connectivity index (χ4v) is 3.47. The summed E-state index contributed by atoms with van der Waals surface area (Å²) in [4.78, 5) is 20.0. The van der Waals surface area contributed by atoms with Gasteiger partial charge in [-0.2, -0.15) is 5.10 Å². The molecule has 2 heterocycles. The van der Waals surface area contributed by atoms with Crippen molar-refractivity contribution in [3.63, 3.8) is 0 Å². The molecular weight excluding hydrogens is 382 g/mol. The van der Waals surface area contributed by atoms with Gasteiger partial charge in [0.2, 0.25) is 5.91 Å². The van der Waals surface area contributed by atoms with Crippen molar-refractivity contribution in [2.24, 2.45) is 7.05 Å². The summed E-state index contributed by atoms with van der Waals surface area (Å²) in [5.74, 6) is 0.766. The van der Waals surface area contributed by atoms with Crippen LogP contribution in [0.2, 0.25) is 5.02 Å². The second-order valence-electron chi connectivity index (χ2n) is 5.94. The van der Waals surface area contributed by atoms with Crippen molar-refractivity contribution < 1.29 is 4.79 Å². The number of carbonyl (C=O) groups excluding carboxylic acids is 1. The molecule has 0 saturated carbocycles. The Hall–Kier alpha value is -2.77. The van der Waals surface area contributed by atoms with Gasteiger partial charge in [-0.15, -0.1) is 0 Å². The molecule has 4 aromatic rings. The Morgan fingerprint density at radius 1 is 1.22 bits per heavy atom. The van der Waals surface area contributed by atoms with E-state index in [1.54, 1.807) is 11.7 Å². The van der Waals surface area contributed by atoms with E-state index in [1.807, 2.05) is 54.6 Å². The molecule has 0 radical (unpaired) electrons. The number of imidazole rings is 1. The van der Waals surface area contributed by atoms with Gasteiger partial charge >= 0.3 is 0 Å². The van der Waals surface area contributed by atoms with Crippen molar-refractivity contribution in [1.82, 2.24) is 19.7 Å². The van der Waals surface area contributed by atoms with Crippen molar-refractivity contribution in [3.8, 4) is 11.3 Å². The zero-order chi connectivity index (χ0) is 18.8. The minimum absolute atomic E-state index is 0.119. The van der Waals surface area contributed by atoms with Gasteiger partial charge < -0.3 is 10.3 Å². The van der Waals surface area contributed by atoms with Gasteiger partial charge in [0.1, 0.15) is 5.82 Å². The highest BCUT2D eigenvalue weighted by Crippen LogP contribution is 2.24. The van der Waals surface area contributed by atoms with Crippen LogP contribution in [0.1, 0.15) is 0 Å². The summed E-state index contributed by atoms with van der Waals surface area (Å²) in [5, 5.41) is 8.73.